The monoisotopic (exact) mass is 406 g/mol. The zero-order valence-corrected chi connectivity index (χ0v) is 14.2. The number of nitrogens with zero attached hydrogens (tertiary/aromatic N) is 1. The van der Waals surface area contributed by atoms with E-state index in [0.717, 1.165) is 4.90 Å². The quantitative estimate of drug-likeness (QED) is 0.596. The Morgan fingerprint density at radius 3 is 2.28 bits per heavy atom. The summed E-state index contributed by atoms with van der Waals surface area (Å²) in [4.78, 5) is 48.5. The number of rotatable bonds is 5. The second-order valence-electron chi connectivity index (χ2n) is 5.02. The highest BCUT2D eigenvalue weighted by atomic mass is 79.9. The van der Waals surface area contributed by atoms with Crippen LogP contribution in [0.1, 0.15) is 31.3 Å². The third-order valence-electron chi connectivity index (χ3n) is 3.42. The van der Waals surface area contributed by atoms with Gasteiger partial charge in [-0.05, 0) is 40.2 Å². The number of carbonyl (C=O) groups excluding carboxylic acids is 4. The average molecular weight is 407 g/mol. The number of amides is 3. The molecule has 0 fully saturated rings. The fraction of sp³-hybridized carbons (Fsp3) is 0.125. The molecule has 3 amide bonds. The summed E-state index contributed by atoms with van der Waals surface area (Å²) >= 11 is 3.06. The number of esters is 1. The molecule has 9 heteroatoms. The van der Waals surface area contributed by atoms with E-state index in [0.29, 0.717) is 4.67 Å². The minimum atomic E-state index is -0.796. The van der Waals surface area contributed by atoms with Crippen LogP contribution >= 0.6 is 15.9 Å². The van der Waals surface area contributed by atoms with Gasteiger partial charge in [0.05, 0.1) is 11.1 Å². The zero-order chi connectivity index (χ0) is 18.0. The van der Waals surface area contributed by atoms with Crippen molar-refractivity contribution < 1.29 is 28.3 Å². The molecule has 1 aromatic carbocycles. The first-order chi connectivity index (χ1) is 12.0. The maximum Gasteiger partial charge on any atom is 0.327 e. The van der Waals surface area contributed by atoms with E-state index in [1.165, 1.54) is 24.3 Å². The van der Waals surface area contributed by atoms with E-state index in [2.05, 4.69) is 21.2 Å². The third kappa shape index (κ3) is 3.45. The fourth-order valence-electron chi connectivity index (χ4n) is 2.22. The molecule has 0 saturated carbocycles. The maximum atomic E-state index is 12.1. The predicted molar refractivity (Wildman–Crippen MR) is 86.6 cm³/mol. The molecule has 1 aliphatic rings. The van der Waals surface area contributed by atoms with Crippen LogP contribution in [0.3, 0.4) is 0 Å². The van der Waals surface area contributed by atoms with Crippen molar-refractivity contribution >= 4 is 39.6 Å². The second kappa shape index (κ2) is 6.89. The molecule has 1 aromatic heterocycles. The van der Waals surface area contributed by atoms with Crippen LogP contribution in [0.4, 0.5) is 0 Å². The minimum Gasteiger partial charge on any atom is -0.444 e. The number of hydrogen-bond acceptors (Lipinski definition) is 6. The highest BCUT2D eigenvalue weighted by molar-refractivity contribution is 9.10. The lowest BCUT2D eigenvalue weighted by Crippen LogP contribution is -2.36. The Kier molecular flexibility index (Phi) is 4.66. The SMILES string of the molecule is O=C(CNC(=O)c1ccc(Br)o1)OCN1C(=O)c2ccccc2C1=O. The lowest BCUT2D eigenvalue weighted by atomic mass is 10.1. The van der Waals surface area contributed by atoms with Crippen LogP contribution in [0.25, 0.3) is 0 Å². The Morgan fingerprint density at radius 1 is 1.08 bits per heavy atom. The number of halogens is 1. The molecule has 1 N–H and O–H groups in total. The Hall–Kier alpha value is -2.94. The summed E-state index contributed by atoms with van der Waals surface area (Å²) in [7, 11) is 0. The van der Waals surface area contributed by atoms with Gasteiger partial charge in [-0.3, -0.25) is 19.2 Å². The number of imide groups is 1. The van der Waals surface area contributed by atoms with Gasteiger partial charge in [0, 0.05) is 0 Å². The van der Waals surface area contributed by atoms with Gasteiger partial charge in [-0.15, -0.1) is 0 Å². The van der Waals surface area contributed by atoms with E-state index in [9.17, 15) is 19.2 Å². The molecule has 0 bridgehead atoms. The molecule has 1 aliphatic heterocycles. The number of carbonyl (C=O) groups is 4. The van der Waals surface area contributed by atoms with Crippen molar-refractivity contribution in [2.75, 3.05) is 13.3 Å². The standard InChI is InChI=1S/C16H11BrN2O6/c17-12-6-5-11(25-12)14(21)18-7-13(20)24-8-19-15(22)9-3-1-2-4-10(9)16(19)23/h1-6H,7-8H2,(H,18,21). The molecule has 3 rings (SSSR count). The first-order valence-corrected chi connectivity index (χ1v) is 7.91. The second-order valence-corrected chi connectivity index (χ2v) is 5.80. The van der Waals surface area contributed by atoms with E-state index < -0.39 is 37.0 Å². The Bertz CT molecular complexity index is 840. The first-order valence-electron chi connectivity index (χ1n) is 7.12. The highest BCUT2D eigenvalue weighted by Gasteiger charge is 2.35. The molecule has 25 heavy (non-hydrogen) atoms. The van der Waals surface area contributed by atoms with Crippen LogP contribution in [0.5, 0.6) is 0 Å². The topological polar surface area (TPSA) is 106 Å². The highest BCUT2D eigenvalue weighted by Crippen LogP contribution is 2.22. The van der Waals surface area contributed by atoms with Gasteiger partial charge >= 0.3 is 5.97 Å². The number of ether oxygens (including phenoxy) is 1. The van der Waals surface area contributed by atoms with Crippen LogP contribution < -0.4 is 5.32 Å². The largest absolute Gasteiger partial charge is 0.444 e. The molecular formula is C16H11BrN2O6. The molecule has 0 atom stereocenters. The van der Waals surface area contributed by atoms with Crippen LogP contribution in [-0.4, -0.2) is 41.9 Å². The van der Waals surface area contributed by atoms with Crippen molar-refractivity contribution in [1.82, 2.24) is 10.2 Å². The van der Waals surface area contributed by atoms with Gasteiger partial charge in [-0.1, -0.05) is 12.1 Å². The lowest BCUT2D eigenvalue weighted by molar-refractivity contribution is -0.145. The van der Waals surface area contributed by atoms with Crippen molar-refractivity contribution in [3.63, 3.8) is 0 Å². The third-order valence-corrected chi connectivity index (χ3v) is 3.85. The summed E-state index contributed by atoms with van der Waals surface area (Å²) in [5, 5.41) is 2.31. The molecule has 0 spiro atoms. The Morgan fingerprint density at radius 2 is 1.72 bits per heavy atom. The van der Waals surface area contributed by atoms with E-state index in [-0.39, 0.29) is 16.9 Å². The summed E-state index contributed by atoms with van der Waals surface area (Å²) in [6.45, 7) is -0.951. The number of fused-ring (bicyclic) bond motifs is 1. The van der Waals surface area contributed by atoms with Gasteiger partial charge in [-0.25, -0.2) is 4.90 Å². The molecule has 128 valence electrons. The Labute approximate surface area is 149 Å². The fourth-order valence-corrected chi connectivity index (χ4v) is 2.53. The molecule has 0 radical (unpaired) electrons. The van der Waals surface area contributed by atoms with E-state index >= 15 is 0 Å². The zero-order valence-electron chi connectivity index (χ0n) is 12.7. The van der Waals surface area contributed by atoms with Crippen LogP contribution in [0.2, 0.25) is 0 Å². The summed E-state index contributed by atoms with van der Waals surface area (Å²) in [5.41, 5.74) is 0.528. The van der Waals surface area contributed by atoms with Crippen molar-refractivity contribution in [1.29, 1.82) is 0 Å². The van der Waals surface area contributed by atoms with E-state index in [1.807, 2.05) is 0 Å². The van der Waals surface area contributed by atoms with Gasteiger partial charge in [0.15, 0.2) is 17.2 Å². The molecule has 8 nitrogen and oxygen atoms in total. The molecule has 0 unspecified atom stereocenters. The number of furan rings is 1. The number of nitrogens with one attached hydrogen (secondary N) is 1. The van der Waals surface area contributed by atoms with Gasteiger partial charge in [-0.2, -0.15) is 0 Å². The summed E-state index contributed by atoms with van der Waals surface area (Å²) < 4.78 is 10.3. The molecular weight excluding hydrogens is 396 g/mol. The summed E-state index contributed by atoms with van der Waals surface area (Å²) in [6, 6.07) is 9.31. The van der Waals surface area contributed by atoms with Gasteiger partial charge in [0.25, 0.3) is 17.7 Å². The van der Waals surface area contributed by atoms with Crippen LogP contribution in [0.15, 0.2) is 45.5 Å². The van der Waals surface area contributed by atoms with E-state index in [1.54, 1.807) is 12.1 Å². The molecule has 2 aromatic rings. The maximum absolute atomic E-state index is 12.1. The average Bonchev–Trinajstić information content (AvgIpc) is 3.14. The van der Waals surface area contributed by atoms with Crippen LogP contribution in [-0.2, 0) is 9.53 Å². The van der Waals surface area contributed by atoms with Gasteiger partial charge < -0.3 is 14.5 Å². The van der Waals surface area contributed by atoms with Crippen molar-refractivity contribution in [2.24, 2.45) is 0 Å². The molecule has 0 saturated heterocycles. The van der Waals surface area contributed by atoms with Crippen LogP contribution in [0, 0.1) is 0 Å². The van der Waals surface area contributed by atoms with Crippen molar-refractivity contribution in [3.8, 4) is 0 Å². The predicted octanol–water partition coefficient (Wildman–Crippen LogP) is 1.57. The first kappa shape index (κ1) is 16.9. The van der Waals surface area contributed by atoms with Gasteiger partial charge in [0.2, 0.25) is 0 Å². The van der Waals surface area contributed by atoms with Crippen molar-refractivity contribution in [2.45, 2.75) is 0 Å². The Balaban J connectivity index is 1.51. The smallest absolute Gasteiger partial charge is 0.327 e. The summed E-state index contributed by atoms with van der Waals surface area (Å²) in [6.07, 6.45) is 0. The summed E-state index contributed by atoms with van der Waals surface area (Å²) in [5.74, 6) is -2.42. The van der Waals surface area contributed by atoms with E-state index in [4.69, 9.17) is 9.15 Å². The number of benzene rings is 1. The minimum absolute atomic E-state index is 0.0278. The normalized spacial score (nSPS) is 12.9. The van der Waals surface area contributed by atoms with Gasteiger partial charge in [0.1, 0.15) is 6.54 Å². The number of hydrogen-bond donors (Lipinski definition) is 1. The molecule has 0 aliphatic carbocycles. The lowest BCUT2D eigenvalue weighted by Gasteiger charge is -2.13. The molecule has 2 heterocycles. The van der Waals surface area contributed by atoms with Crippen molar-refractivity contribution in [3.05, 3.63) is 58.0 Å².